The van der Waals surface area contributed by atoms with Crippen LogP contribution in [0.1, 0.15) is 39.2 Å². The molecular weight excluding hydrogens is 373 g/mol. The Morgan fingerprint density at radius 1 is 1.14 bits per heavy atom. The lowest BCUT2D eigenvalue weighted by Crippen LogP contribution is -2.55. The highest BCUT2D eigenvalue weighted by Gasteiger charge is 2.49. The number of halogens is 3. The molecule has 1 heterocycles. The lowest BCUT2D eigenvalue weighted by Gasteiger charge is -2.38. The van der Waals surface area contributed by atoms with Crippen molar-refractivity contribution in [2.75, 3.05) is 13.1 Å². The molecular formula is C20H27F3N2O3. The number of amides is 1. The van der Waals surface area contributed by atoms with Crippen LogP contribution in [-0.4, -0.2) is 47.7 Å². The third-order valence-corrected chi connectivity index (χ3v) is 4.51. The van der Waals surface area contributed by atoms with Crippen molar-refractivity contribution in [3.63, 3.8) is 0 Å². The summed E-state index contributed by atoms with van der Waals surface area (Å²) in [5.74, 6) is -3.23. The molecule has 1 aliphatic heterocycles. The van der Waals surface area contributed by atoms with Gasteiger partial charge in [0.2, 0.25) is 0 Å². The number of hydrogen-bond acceptors (Lipinski definition) is 4. The van der Waals surface area contributed by atoms with Gasteiger partial charge in [-0.2, -0.15) is 13.2 Å². The standard InChI is InChI=1S/C20H27F3N2O3/c1-19(2,3)28-17(26)16(15-9-11-24-12-10-15)25(18(27)20(21,22)23)13-14-7-5-4-6-8-14/h4-8,15-16,24H,9-13H2,1-3H3. The Morgan fingerprint density at radius 2 is 1.71 bits per heavy atom. The summed E-state index contributed by atoms with van der Waals surface area (Å²) in [4.78, 5) is 25.9. The zero-order valence-electron chi connectivity index (χ0n) is 16.4. The number of carbonyl (C=O) groups excluding carboxylic acids is 2. The third kappa shape index (κ3) is 6.22. The van der Waals surface area contributed by atoms with E-state index in [1.807, 2.05) is 0 Å². The average Bonchev–Trinajstić information content (AvgIpc) is 2.60. The molecule has 1 atom stereocenters. The molecule has 28 heavy (non-hydrogen) atoms. The Morgan fingerprint density at radius 3 is 2.21 bits per heavy atom. The summed E-state index contributed by atoms with van der Waals surface area (Å²) in [5, 5.41) is 3.13. The van der Waals surface area contributed by atoms with Crippen LogP contribution in [0, 0.1) is 5.92 Å². The molecule has 8 heteroatoms. The summed E-state index contributed by atoms with van der Waals surface area (Å²) in [5.41, 5.74) is -0.357. The van der Waals surface area contributed by atoms with Crippen molar-refractivity contribution in [1.29, 1.82) is 0 Å². The van der Waals surface area contributed by atoms with Gasteiger partial charge in [0, 0.05) is 6.54 Å². The molecule has 0 bridgehead atoms. The van der Waals surface area contributed by atoms with Crippen LogP contribution in [-0.2, 0) is 20.9 Å². The van der Waals surface area contributed by atoms with Crippen molar-refractivity contribution in [2.24, 2.45) is 5.92 Å². The topological polar surface area (TPSA) is 58.6 Å². The highest BCUT2D eigenvalue weighted by molar-refractivity contribution is 5.88. The van der Waals surface area contributed by atoms with Crippen LogP contribution < -0.4 is 5.32 Å². The number of ether oxygens (including phenoxy) is 1. The SMILES string of the molecule is CC(C)(C)OC(=O)C(C1CCNCC1)N(Cc1ccccc1)C(=O)C(F)(F)F. The van der Waals surface area contributed by atoms with Crippen LogP contribution in [0.2, 0.25) is 0 Å². The molecule has 1 aromatic carbocycles. The molecule has 2 rings (SSSR count). The fourth-order valence-electron chi connectivity index (χ4n) is 3.34. The zero-order chi connectivity index (χ0) is 20.9. The number of rotatable bonds is 5. The minimum absolute atomic E-state index is 0.312. The van der Waals surface area contributed by atoms with Crippen LogP contribution in [0.25, 0.3) is 0 Å². The molecule has 1 fully saturated rings. The fourth-order valence-corrected chi connectivity index (χ4v) is 3.34. The molecule has 156 valence electrons. The van der Waals surface area contributed by atoms with Gasteiger partial charge in [-0.15, -0.1) is 0 Å². The molecule has 0 aromatic heterocycles. The fraction of sp³-hybridized carbons (Fsp3) is 0.600. The summed E-state index contributed by atoms with van der Waals surface area (Å²) in [6.07, 6.45) is -4.11. The van der Waals surface area contributed by atoms with Gasteiger partial charge in [-0.05, 0) is 58.2 Å². The van der Waals surface area contributed by atoms with Gasteiger partial charge in [0.25, 0.3) is 0 Å². The van der Waals surface area contributed by atoms with E-state index in [0.717, 1.165) is 0 Å². The van der Waals surface area contributed by atoms with Crippen molar-refractivity contribution < 1.29 is 27.5 Å². The van der Waals surface area contributed by atoms with Crippen molar-refractivity contribution in [1.82, 2.24) is 10.2 Å². The zero-order valence-corrected chi connectivity index (χ0v) is 16.4. The number of hydrogen-bond donors (Lipinski definition) is 1. The maximum absolute atomic E-state index is 13.4. The maximum atomic E-state index is 13.4. The monoisotopic (exact) mass is 400 g/mol. The molecule has 5 nitrogen and oxygen atoms in total. The average molecular weight is 400 g/mol. The van der Waals surface area contributed by atoms with Gasteiger partial charge in [0.05, 0.1) is 0 Å². The van der Waals surface area contributed by atoms with E-state index in [0.29, 0.717) is 36.4 Å². The Labute approximate surface area is 163 Å². The van der Waals surface area contributed by atoms with Crippen molar-refractivity contribution in [3.05, 3.63) is 35.9 Å². The Kier molecular flexibility index (Phi) is 7.09. The highest BCUT2D eigenvalue weighted by Crippen LogP contribution is 2.29. The second-order valence-corrected chi connectivity index (χ2v) is 7.98. The van der Waals surface area contributed by atoms with Gasteiger partial charge in [-0.25, -0.2) is 4.79 Å². The first-order valence-electron chi connectivity index (χ1n) is 9.34. The number of nitrogens with zero attached hydrogens (tertiary/aromatic N) is 1. The van der Waals surface area contributed by atoms with Crippen LogP contribution in [0.5, 0.6) is 0 Å². The molecule has 1 aromatic rings. The van der Waals surface area contributed by atoms with E-state index in [-0.39, 0.29) is 6.54 Å². The van der Waals surface area contributed by atoms with Crippen molar-refractivity contribution in [2.45, 2.75) is 58.0 Å². The van der Waals surface area contributed by atoms with E-state index < -0.39 is 35.6 Å². The summed E-state index contributed by atoms with van der Waals surface area (Å²) in [7, 11) is 0. The number of piperidine rings is 1. The molecule has 1 saturated heterocycles. The lowest BCUT2D eigenvalue weighted by atomic mass is 9.88. The first-order valence-corrected chi connectivity index (χ1v) is 9.34. The van der Waals surface area contributed by atoms with Crippen LogP contribution in [0.3, 0.4) is 0 Å². The Hall–Kier alpha value is -2.09. The largest absolute Gasteiger partial charge is 0.471 e. The second kappa shape index (κ2) is 8.94. The first kappa shape index (κ1) is 22.2. The van der Waals surface area contributed by atoms with E-state index in [4.69, 9.17) is 4.74 Å². The predicted molar refractivity (Wildman–Crippen MR) is 98.3 cm³/mol. The first-order chi connectivity index (χ1) is 13.0. The van der Waals surface area contributed by atoms with Gasteiger partial charge in [0.1, 0.15) is 11.6 Å². The minimum atomic E-state index is -5.08. The molecule has 0 aliphatic carbocycles. The quantitative estimate of drug-likeness (QED) is 0.771. The molecule has 1 amide bonds. The minimum Gasteiger partial charge on any atom is -0.458 e. The smallest absolute Gasteiger partial charge is 0.458 e. The molecule has 0 saturated carbocycles. The van der Waals surface area contributed by atoms with E-state index in [9.17, 15) is 22.8 Å². The number of nitrogens with one attached hydrogen (secondary N) is 1. The van der Waals surface area contributed by atoms with Crippen molar-refractivity contribution in [3.8, 4) is 0 Å². The highest BCUT2D eigenvalue weighted by atomic mass is 19.4. The number of alkyl halides is 3. The summed E-state index contributed by atoms with van der Waals surface area (Å²) in [6.45, 7) is 5.78. The second-order valence-electron chi connectivity index (χ2n) is 7.98. The number of esters is 1. The van der Waals surface area contributed by atoms with Crippen LogP contribution >= 0.6 is 0 Å². The predicted octanol–water partition coefficient (Wildman–Crippen LogP) is 3.29. The van der Waals surface area contributed by atoms with E-state index >= 15 is 0 Å². The van der Waals surface area contributed by atoms with Gasteiger partial charge in [-0.3, -0.25) is 4.79 Å². The summed E-state index contributed by atoms with van der Waals surface area (Å²) >= 11 is 0. The van der Waals surface area contributed by atoms with Gasteiger partial charge >= 0.3 is 18.1 Å². The maximum Gasteiger partial charge on any atom is 0.471 e. The molecule has 0 radical (unpaired) electrons. The van der Waals surface area contributed by atoms with Crippen LogP contribution in [0.15, 0.2) is 30.3 Å². The summed E-state index contributed by atoms with van der Waals surface area (Å²) < 4.78 is 45.5. The number of benzene rings is 1. The van der Waals surface area contributed by atoms with E-state index in [2.05, 4.69) is 5.32 Å². The molecule has 1 unspecified atom stereocenters. The normalized spacial score (nSPS) is 17.1. The lowest BCUT2D eigenvalue weighted by molar-refractivity contribution is -0.195. The molecule has 0 spiro atoms. The summed E-state index contributed by atoms with van der Waals surface area (Å²) in [6, 6.07) is 7.06. The van der Waals surface area contributed by atoms with Crippen molar-refractivity contribution >= 4 is 11.9 Å². The van der Waals surface area contributed by atoms with E-state index in [1.165, 1.54) is 0 Å². The number of carbonyl (C=O) groups is 2. The Bertz CT molecular complexity index is 666. The third-order valence-electron chi connectivity index (χ3n) is 4.51. The molecule has 1 aliphatic rings. The van der Waals surface area contributed by atoms with Gasteiger partial charge in [-0.1, -0.05) is 30.3 Å². The van der Waals surface area contributed by atoms with E-state index in [1.54, 1.807) is 51.1 Å². The molecule has 1 N–H and O–H groups in total. The van der Waals surface area contributed by atoms with Gasteiger partial charge in [0.15, 0.2) is 0 Å². The van der Waals surface area contributed by atoms with Gasteiger partial charge < -0.3 is 15.0 Å². The van der Waals surface area contributed by atoms with Crippen LogP contribution in [0.4, 0.5) is 13.2 Å². The Balaban J connectivity index is 2.42.